The number of fused-ring (bicyclic) bond motifs is 1. The Morgan fingerprint density at radius 1 is 1.23 bits per heavy atom. The largest absolute Gasteiger partial charge is 0.473 e. The molecule has 3 heterocycles. The molecule has 3 atom stereocenters. The Bertz CT molecular complexity index is 1420. The second-order valence-electron chi connectivity index (χ2n) is 11.3. The summed E-state index contributed by atoms with van der Waals surface area (Å²) in [6, 6.07) is 1.90. The number of nitrogens with one attached hydrogen (secondary N) is 2. The van der Waals surface area contributed by atoms with E-state index in [-0.39, 0.29) is 30.3 Å². The molecule has 3 saturated carbocycles. The monoisotopic (exact) mass is 553 g/mol. The number of nitrogens with zero attached hydrogens (tertiary/aromatic N) is 5. The molecule has 0 radical (unpaired) electrons. The van der Waals surface area contributed by atoms with Crippen LogP contribution in [0.4, 0.5) is 16.2 Å². The first-order valence-corrected chi connectivity index (χ1v) is 14.7. The van der Waals surface area contributed by atoms with Crippen molar-refractivity contribution in [1.82, 2.24) is 29.9 Å². The van der Waals surface area contributed by atoms with E-state index in [4.69, 9.17) is 4.74 Å². The Hall–Kier alpha value is -3.28. The molecule has 3 aromatic heterocycles. The summed E-state index contributed by atoms with van der Waals surface area (Å²) in [4.78, 5) is 28.1. The summed E-state index contributed by atoms with van der Waals surface area (Å²) in [6.45, 7) is 0.659. The molecule has 206 valence electrons. The summed E-state index contributed by atoms with van der Waals surface area (Å²) in [7, 11) is 1.85. The Morgan fingerprint density at radius 3 is 2.79 bits per heavy atom. The second kappa shape index (κ2) is 9.72. The fourth-order valence-electron chi connectivity index (χ4n) is 5.37. The zero-order valence-electron chi connectivity index (χ0n) is 21.9. The van der Waals surface area contributed by atoms with Gasteiger partial charge in [-0.25, -0.2) is 9.07 Å². The minimum absolute atomic E-state index is 0.0391. The fourth-order valence-corrected chi connectivity index (χ4v) is 6.73. The van der Waals surface area contributed by atoms with Crippen molar-refractivity contribution in [2.45, 2.75) is 76.1 Å². The number of hydrogen-bond donors (Lipinski definition) is 2. The van der Waals surface area contributed by atoms with E-state index in [0.717, 1.165) is 59.7 Å². The van der Waals surface area contributed by atoms with Gasteiger partial charge >= 0.3 is 0 Å². The number of rotatable bonds is 11. The summed E-state index contributed by atoms with van der Waals surface area (Å²) >= 11 is 1.55. The number of Topliss-reactive ketones (excluding diaryl/α,β-unsaturated/α-hetero) is 1. The molecule has 12 heteroatoms. The van der Waals surface area contributed by atoms with E-state index < -0.39 is 12.1 Å². The lowest BCUT2D eigenvalue weighted by atomic mass is 9.90. The molecule has 2 N–H and O–H groups in total. The van der Waals surface area contributed by atoms with E-state index in [1.165, 1.54) is 0 Å². The van der Waals surface area contributed by atoms with Gasteiger partial charge in [-0.2, -0.15) is 0 Å². The number of amides is 1. The number of hydrogen-bond acceptors (Lipinski definition) is 8. The van der Waals surface area contributed by atoms with Crippen molar-refractivity contribution in [2.75, 3.05) is 11.9 Å². The number of carbonyl (C=O) groups is 2. The number of aromatic nitrogens is 5. The lowest BCUT2D eigenvalue weighted by molar-refractivity contribution is -0.119. The van der Waals surface area contributed by atoms with Crippen LogP contribution in [-0.2, 0) is 31.1 Å². The van der Waals surface area contributed by atoms with Crippen LogP contribution in [-0.4, -0.2) is 55.1 Å². The van der Waals surface area contributed by atoms with Crippen molar-refractivity contribution in [3.63, 3.8) is 0 Å². The minimum atomic E-state index is -1.03. The van der Waals surface area contributed by atoms with Gasteiger partial charge in [0.2, 0.25) is 11.8 Å². The van der Waals surface area contributed by atoms with Crippen LogP contribution in [0.1, 0.15) is 70.2 Å². The Balaban J connectivity index is 1.13. The molecule has 4 aliphatic rings. The number of halogens is 1. The highest BCUT2D eigenvalue weighted by molar-refractivity contribution is 7.12. The highest BCUT2D eigenvalue weighted by atomic mass is 32.1. The predicted octanol–water partition coefficient (Wildman–Crippen LogP) is 3.70. The highest BCUT2D eigenvalue weighted by Crippen LogP contribution is 2.42. The van der Waals surface area contributed by atoms with Crippen molar-refractivity contribution in [3.8, 4) is 5.88 Å². The minimum Gasteiger partial charge on any atom is -0.473 e. The summed E-state index contributed by atoms with van der Waals surface area (Å²) < 4.78 is 23.2. The molecule has 7 rings (SSSR count). The van der Waals surface area contributed by atoms with E-state index in [0.29, 0.717) is 42.7 Å². The molecule has 0 spiro atoms. The predicted molar refractivity (Wildman–Crippen MR) is 142 cm³/mol. The lowest BCUT2D eigenvalue weighted by Gasteiger charge is -2.25. The zero-order chi connectivity index (χ0) is 26.7. The third-order valence-corrected chi connectivity index (χ3v) is 9.41. The zero-order valence-corrected chi connectivity index (χ0v) is 22.7. The van der Waals surface area contributed by atoms with E-state index >= 15 is 0 Å². The molecule has 0 saturated heterocycles. The van der Waals surface area contributed by atoms with Crippen LogP contribution in [0.15, 0.2) is 12.4 Å². The van der Waals surface area contributed by atoms with E-state index in [1.54, 1.807) is 22.3 Å². The van der Waals surface area contributed by atoms with Gasteiger partial charge in [-0.05, 0) is 62.8 Å². The first-order valence-electron chi connectivity index (χ1n) is 13.9. The molecular weight excluding hydrogens is 521 g/mol. The van der Waals surface area contributed by atoms with Gasteiger partial charge in [0.25, 0.3) is 5.91 Å². The number of carbonyl (C=O) groups excluding carboxylic acids is 2. The smallest absolute Gasteiger partial charge is 0.252 e. The molecule has 0 unspecified atom stereocenters. The number of alkyl halides is 1. The maximum Gasteiger partial charge on any atom is 0.252 e. The van der Waals surface area contributed by atoms with Crippen LogP contribution < -0.4 is 15.4 Å². The third-order valence-electron chi connectivity index (χ3n) is 8.12. The van der Waals surface area contributed by atoms with Crippen LogP contribution in [0.3, 0.4) is 0 Å². The Kier molecular flexibility index (Phi) is 6.17. The van der Waals surface area contributed by atoms with Crippen LogP contribution in [0.2, 0.25) is 0 Å². The molecule has 1 amide bonds. The van der Waals surface area contributed by atoms with Crippen LogP contribution >= 0.6 is 11.3 Å². The van der Waals surface area contributed by atoms with Crippen molar-refractivity contribution in [2.24, 2.45) is 18.9 Å². The van der Waals surface area contributed by atoms with E-state index in [2.05, 4.69) is 25.9 Å². The van der Waals surface area contributed by atoms with Gasteiger partial charge in [-0.15, -0.1) is 26.6 Å². The van der Waals surface area contributed by atoms with Gasteiger partial charge in [0.1, 0.15) is 30.2 Å². The first-order chi connectivity index (χ1) is 18.9. The first kappa shape index (κ1) is 24.7. The number of ketones is 1. The summed E-state index contributed by atoms with van der Waals surface area (Å²) in [5, 5.41) is 19.4. The van der Waals surface area contributed by atoms with Gasteiger partial charge < -0.3 is 15.4 Å². The molecule has 10 nitrogen and oxygen atoms in total. The average Bonchev–Trinajstić information content (AvgIpc) is 3.86. The number of aryl methyl sites for hydroxylation is 2. The number of thiophene rings is 1. The fraction of sp³-hybridized carbons (Fsp3) is 0.593. The summed E-state index contributed by atoms with van der Waals surface area (Å²) in [5.41, 5.74) is 1.63. The third kappa shape index (κ3) is 5.18. The Labute approximate surface area is 229 Å². The molecule has 0 aromatic carbocycles. The van der Waals surface area contributed by atoms with Gasteiger partial charge in [0, 0.05) is 41.9 Å². The molecule has 3 aromatic rings. The maximum atomic E-state index is 13.6. The quantitative estimate of drug-likeness (QED) is 0.372. The molecular formula is C27H32FN7O3S. The van der Waals surface area contributed by atoms with Gasteiger partial charge in [0.15, 0.2) is 0 Å². The maximum absolute atomic E-state index is 13.6. The van der Waals surface area contributed by atoms with Gasteiger partial charge in [-0.3, -0.25) is 14.2 Å². The molecule has 3 fully saturated rings. The van der Waals surface area contributed by atoms with Crippen molar-refractivity contribution in [1.29, 1.82) is 0 Å². The van der Waals surface area contributed by atoms with Crippen molar-refractivity contribution in [3.05, 3.63) is 33.3 Å². The highest BCUT2D eigenvalue weighted by Gasteiger charge is 2.44. The summed E-state index contributed by atoms with van der Waals surface area (Å²) in [6.07, 6.45) is 8.08. The van der Waals surface area contributed by atoms with E-state index in [1.807, 2.05) is 17.7 Å². The van der Waals surface area contributed by atoms with Gasteiger partial charge in [0.05, 0.1) is 11.5 Å². The lowest BCUT2D eigenvalue weighted by Crippen LogP contribution is -2.28. The normalized spacial score (nSPS) is 23.8. The number of ether oxygens (including phenoxy) is 1. The number of anilines is 2. The summed E-state index contributed by atoms with van der Waals surface area (Å²) in [5.74, 6) is 1.76. The van der Waals surface area contributed by atoms with Crippen LogP contribution in [0.25, 0.3) is 0 Å². The van der Waals surface area contributed by atoms with E-state index in [9.17, 15) is 14.0 Å². The van der Waals surface area contributed by atoms with Crippen molar-refractivity contribution < 1.29 is 18.7 Å². The molecule has 0 bridgehead atoms. The Morgan fingerprint density at radius 2 is 2.05 bits per heavy atom. The topological polar surface area (TPSA) is 116 Å². The molecule has 0 aliphatic heterocycles. The molecule has 39 heavy (non-hydrogen) atoms. The second-order valence-corrected chi connectivity index (χ2v) is 12.5. The van der Waals surface area contributed by atoms with Crippen molar-refractivity contribution >= 4 is 34.8 Å². The van der Waals surface area contributed by atoms with Gasteiger partial charge in [-0.1, -0.05) is 0 Å². The molecule has 4 aliphatic carbocycles. The standard InChI is InChI=1S/C27H32FN7O3S/c1-34-23(11-24(33-34)38-16-5-6-16)31-27-32-30-13-35(27)15-4-7-21-18(8-15)25(26(37)29-12-14-2-3-14)22(39-21)10-20(36)17-9-19(17)28/h11,13-17,19H,2-10,12H2,1H3,(H,29,37)(H,31,32)/t15-,17-,19-/m0/s1. The van der Waals surface area contributed by atoms with Crippen LogP contribution in [0.5, 0.6) is 5.88 Å². The average molecular weight is 554 g/mol. The van der Waals surface area contributed by atoms with Crippen LogP contribution in [0, 0.1) is 11.8 Å². The SMILES string of the molecule is Cn1nc(OC2CC2)cc1Nc1nncn1[C@H]1CCc2sc(CC(=O)[C@H]3C[C@@H]3F)c(C(=O)NCC3CC3)c2C1.